The quantitative estimate of drug-likeness (QED) is 0.264. The van der Waals surface area contributed by atoms with Gasteiger partial charge in [0.2, 0.25) is 0 Å². The van der Waals surface area contributed by atoms with E-state index >= 15 is 0 Å². The second kappa shape index (κ2) is 11.2. The lowest BCUT2D eigenvalue weighted by Gasteiger charge is -2.15. The number of para-hydroxylation sites is 1. The minimum absolute atomic E-state index is 0.146. The van der Waals surface area contributed by atoms with Gasteiger partial charge in [0.1, 0.15) is 22.2 Å². The molecule has 1 aliphatic rings. The average Bonchev–Trinajstić information content (AvgIpc) is 3.18. The molecule has 1 aliphatic heterocycles. The molecule has 1 heterocycles. The van der Waals surface area contributed by atoms with E-state index in [-0.39, 0.29) is 10.6 Å². The highest BCUT2D eigenvalue weighted by Gasteiger charge is 2.40. The number of ether oxygens (including phenoxy) is 1. The fourth-order valence-electron chi connectivity index (χ4n) is 3.91. The Hall–Kier alpha value is -4.89. The third-order valence-corrected chi connectivity index (χ3v) is 6.91. The number of nitrogens with zero attached hydrogens (tertiary/aromatic N) is 1. The Kier molecular flexibility index (Phi) is 7.42. The summed E-state index contributed by atoms with van der Waals surface area (Å²) in [5.74, 6) is -1.20. The first kappa shape index (κ1) is 25.7. The number of methoxy groups -OCH3 is 1. The van der Waals surface area contributed by atoms with Crippen LogP contribution in [0.25, 0.3) is 0 Å². The smallest absolute Gasteiger partial charge is 0.283 e. The van der Waals surface area contributed by atoms with Gasteiger partial charge in [-0.2, -0.15) is 0 Å². The first-order valence-corrected chi connectivity index (χ1v) is 12.7. The number of hydrogen-bond donors (Lipinski definition) is 2. The summed E-state index contributed by atoms with van der Waals surface area (Å²) in [6.45, 7) is 0. The number of benzene rings is 4. The molecule has 5 rings (SSSR count). The number of hydrogen-bond acceptors (Lipinski definition) is 6. The fourth-order valence-corrected chi connectivity index (χ4v) is 4.89. The van der Waals surface area contributed by atoms with E-state index in [9.17, 15) is 18.8 Å². The Labute approximate surface area is 228 Å². The van der Waals surface area contributed by atoms with Crippen LogP contribution in [0, 0.1) is 5.82 Å². The summed E-state index contributed by atoms with van der Waals surface area (Å²) < 4.78 is 18.4. The normalized spacial score (nSPS) is 13.0. The lowest BCUT2D eigenvalue weighted by molar-refractivity contribution is -0.120. The third kappa shape index (κ3) is 5.68. The molecule has 194 valence electrons. The van der Waals surface area contributed by atoms with E-state index in [0.29, 0.717) is 33.3 Å². The Balaban J connectivity index is 1.44. The molecule has 0 fully saturated rings. The molecule has 0 aliphatic carbocycles. The van der Waals surface area contributed by atoms with Crippen LogP contribution in [0.1, 0.15) is 10.4 Å². The van der Waals surface area contributed by atoms with Crippen LogP contribution in [-0.4, -0.2) is 24.8 Å². The van der Waals surface area contributed by atoms with E-state index in [1.54, 1.807) is 60.7 Å². The van der Waals surface area contributed by atoms with Gasteiger partial charge in [0.15, 0.2) is 0 Å². The average molecular weight is 540 g/mol. The zero-order valence-electron chi connectivity index (χ0n) is 20.7. The molecule has 0 saturated heterocycles. The zero-order chi connectivity index (χ0) is 27.4. The molecule has 4 aromatic rings. The number of imide groups is 1. The van der Waals surface area contributed by atoms with Crippen molar-refractivity contribution in [1.82, 2.24) is 0 Å². The van der Waals surface area contributed by atoms with Gasteiger partial charge in [-0.1, -0.05) is 36.0 Å². The molecule has 39 heavy (non-hydrogen) atoms. The molecule has 0 spiro atoms. The summed E-state index contributed by atoms with van der Waals surface area (Å²) in [5.41, 5.74) is 2.00. The molecule has 0 atom stereocenters. The third-order valence-electron chi connectivity index (χ3n) is 5.83. The van der Waals surface area contributed by atoms with Gasteiger partial charge >= 0.3 is 0 Å². The number of anilines is 3. The Morgan fingerprint density at radius 2 is 1.51 bits per heavy atom. The first-order chi connectivity index (χ1) is 18.9. The molecule has 0 radical (unpaired) electrons. The molecular formula is C30H22FN3O4S. The molecule has 7 nitrogen and oxygen atoms in total. The van der Waals surface area contributed by atoms with E-state index in [0.717, 1.165) is 16.7 Å². The number of halogens is 1. The van der Waals surface area contributed by atoms with Gasteiger partial charge in [-0.05, 0) is 78.9 Å². The van der Waals surface area contributed by atoms with E-state index in [4.69, 9.17) is 4.74 Å². The summed E-state index contributed by atoms with van der Waals surface area (Å²) in [5, 5.41) is 5.89. The molecule has 0 bridgehead atoms. The monoisotopic (exact) mass is 539 g/mol. The van der Waals surface area contributed by atoms with E-state index in [1.807, 2.05) is 18.2 Å². The van der Waals surface area contributed by atoms with Crippen LogP contribution in [0.15, 0.2) is 119 Å². The second-order valence-corrected chi connectivity index (χ2v) is 9.51. The maximum Gasteiger partial charge on any atom is 0.283 e. The Morgan fingerprint density at radius 3 is 2.21 bits per heavy atom. The molecule has 2 N–H and O–H groups in total. The van der Waals surface area contributed by atoms with Crippen LogP contribution >= 0.6 is 11.8 Å². The van der Waals surface area contributed by atoms with Crippen molar-refractivity contribution in [3.05, 3.63) is 125 Å². The van der Waals surface area contributed by atoms with Crippen molar-refractivity contribution in [2.45, 2.75) is 4.90 Å². The summed E-state index contributed by atoms with van der Waals surface area (Å²) in [6, 6.07) is 27.9. The SMILES string of the molecule is COc1ccc(N2C(=O)C(Nc3ccccc3)=C(Sc3cccc(NC(=O)c4ccc(F)cc4)c3)C2=O)cc1. The van der Waals surface area contributed by atoms with Gasteiger partial charge in [0, 0.05) is 21.8 Å². The second-order valence-electron chi connectivity index (χ2n) is 8.43. The van der Waals surface area contributed by atoms with E-state index in [2.05, 4.69) is 10.6 Å². The molecule has 0 aromatic heterocycles. The van der Waals surface area contributed by atoms with Crippen LogP contribution in [0.5, 0.6) is 5.75 Å². The summed E-state index contributed by atoms with van der Waals surface area (Å²) >= 11 is 1.12. The van der Waals surface area contributed by atoms with Crippen molar-refractivity contribution in [3.8, 4) is 5.75 Å². The molecule has 4 aromatic carbocycles. The highest BCUT2D eigenvalue weighted by atomic mass is 32.2. The van der Waals surface area contributed by atoms with Gasteiger partial charge in [-0.3, -0.25) is 14.4 Å². The van der Waals surface area contributed by atoms with E-state index < -0.39 is 23.5 Å². The lowest BCUT2D eigenvalue weighted by Crippen LogP contribution is -2.32. The van der Waals surface area contributed by atoms with Crippen LogP contribution < -0.4 is 20.3 Å². The van der Waals surface area contributed by atoms with Crippen LogP contribution in [0.4, 0.5) is 21.5 Å². The minimum atomic E-state index is -0.489. The van der Waals surface area contributed by atoms with Crippen molar-refractivity contribution in [2.24, 2.45) is 0 Å². The van der Waals surface area contributed by atoms with Crippen molar-refractivity contribution >= 4 is 46.5 Å². The molecule has 9 heteroatoms. The molecule has 3 amide bonds. The number of carbonyl (C=O) groups excluding carboxylic acids is 3. The van der Waals surface area contributed by atoms with Crippen molar-refractivity contribution in [3.63, 3.8) is 0 Å². The number of nitrogens with one attached hydrogen (secondary N) is 2. The van der Waals surface area contributed by atoms with Gasteiger partial charge < -0.3 is 15.4 Å². The lowest BCUT2D eigenvalue weighted by atomic mass is 10.2. The first-order valence-electron chi connectivity index (χ1n) is 11.9. The molecular weight excluding hydrogens is 517 g/mol. The number of rotatable bonds is 8. The predicted octanol–water partition coefficient (Wildman–Crippen LogP) is 6.08. The summed E-state index contributed by atoms with van der Waals surface area (Å²) in [4.78, 5) is 41.7. The number of amides is 3. The zero-order valence-corrected chi connectivity index (χ0v) is 21.5. The summed E-state index contributed by atoms with van der Waals surface area (Å²) in [7, 11) is 1.54. The predicted molar refractivity (Wildman–Crippen MR) is 149 cm³/mol. The Bertz CT molecular complexity index is 1570. The molecule has 0 unspecified atom stereocenters. The van der Waals surface area contributed by atoms with Crippen molar-refractivity contribution < 1.29 is 23.5 Å². The highest BCUT2D eigenvalue weighted by Crippen LogP contribution is 2.38. The topological polar surface area (TPSA) is 87.7 Å². The van der Waals surface area contributed by atoms with Crippen molar-refractivity contribution in [2.75, 3.05) is 22.6 Å². The van der Waals surface area contributed by atoms with Crippen LogP contribution in [0.3, 0.4) is 0 Å². The Morgan fingerprint density at radius 1 is 0.821 bits per heavy atom. The molecule has 0 saturated carbocycles. The summed E-state index contributed by atoms with van der Waals surface area (Å²) in [6.07, 6.45) is 0. The van der Waals surface area contributed by atoms with Crippen LogP contribution in [-0.2, 0) is 9.59 Å². The minimum Gasteiger partial charge on any atom is -0.497 e. The van der Waals surface area contributed by atoms with Gasteiger partial charge in [0.05, 0.1) is 12.8 Å². The van der Waals surface area contributed by atoms with Gasteiger partial charge in [-0.25, -0.2) is 9.29 Å². The van der Waals surface area contributed by atoms with Gasteiger partial charge in [-0.15, -0.1) is 0 Å². The van der Waals surface area contributed by atoms with Gasteiger partial charge in [0.25, 0.3) is 17.7 Å². The number of carbonyl (C=O) groups is 3. The van der Waals surface area contributed by atoms with Crippen molar-refractivity contribution in [1.29, 1.82) is 0 Å². The van der Waals surface area contributed by atoms with E-state index in [1.165, 1.54) is 31.4 Å². The maximum atomic E-state index is 13.6. The fraction of sp³-hybridized carbons (Fsp3) is 0.0333. The number of thioether (sulfide) groups is 1. The van der Waals surface area contributed by atoms with Crippen LogP contribution in [0.2, 0.25) is 0 Å². The largest absolute Gasteiger partial charge is 0.497 e. The standard InChI is InChI=1S/C30H22FN3O4S/c1-38-24-16-14-23(15-17-24)34-29(36)26(32-21-6-3-2-4-7-21)27(30(34)37)39-25-9-5-8-22(18-25)33-28(35)19-10-12-20(31)13-11-19/h2-18,32H,1H3,(H,33,35). The maximum absolute atomic E-state index is 13.6. The highest BCUT2D eigenvalue weighted by molar-refractivity contribution is 8.04.